The van der Waals surface area contributed by atoms with Crippen molar-refractivity contribution in [3.8, 4) is 0 Å². The van der Waals surface area contributed by atoms with Crippen LogP contribution in [-0.2, 0) is 11.2 Å². The molecule has 0 radical (unpaired) electrons. The molecule has 1 aliphatic heterocycles. The van der Waals surface area contributed by atoms with Crippen LogP contribution < -0.4 is 5.32 Å². The molecule has 1 unspecified atom stereocenters. The van der Waals surface area contributed by atoms with Gasteiger partial charge in [-0.25, -0.2) is 0 Å². The van der Waals surface area contributed by atoms with E-state index in [1.807, 2.05) is 0 Å². The van der Waals surface area contributed by atoms with Crippen molar-refractivity contribution in [2.45, 2.75) is 25.7 Å². The zero-order chi connectivity index (χ0) is 11.1. The summed E-state index contributed by atoms with van der Waals surface area (Å²) in [5, 5.41) is 7.77. The number of nitrogens with one attached hydrogen (secondary N) is 1. The summed E-state index contributed by atoms with van der Waals surface area (Å²) in [6.45, 7) is 4.19. The molecule has 2 nitrogen and oxygen atoms in total. The monoisotopic (exact) mass is 239 g/mol. The van der Waals surface area contributed by atoms with Gasteiger partial charge in [0.15, 0.2) is 0 Å². The Labute approximate surface area is 102 Å². The Hall–Kier alpha value is -0.380. The van der Waals surface area contributed by atoms with E-state index in [0.717, 1.165) is 25.6 Å². The highest BCUT2D eigenvalue weighted by atomic mass is 32.1. The molecule has 1 aromatic heterocycles. The molecule has 0 saturated carbocycles. The van der Waals surface area contributed by atoms with Gasteiger partial charge in [0.05, 0.1) is 6.61 Å². The van der Waals surface area contributed by atoms with Crippen molar-refractivity contribution in [1.29, 1.82) is 0 Å². The first kappa shape index (κ1) is 12.1. The van der Waals surface area contributed by atoms with E-state index in [4.69, 9.17) is 4.74 Å². The number of piperidine rings is 1. The minimum Gasteiger partial charge on any atom is -0.381 e. The molecule has 3 heteroatoms. The van der Waals surface area contributed by atoms with Crippen molar-refractivity contribution in [2.24, 2.45) is 5.92 Å². The second-order valence-electron chi connectivity index (χ2n) is 4.50. The average Bonchev–Trinajstić information content (AvgIpc) is 2.83. The fourth-order valence-electron chi connectivity index (χ4n) is 2.15. The third-order valence-corrected chi connectivity index (χ3v) is 3.92. The summed E-state index contributed by atoms with van der Waals surface area (Å²) in [7, 11) is 0. The van der Waals surface area contributed by atoms with Crippen LogP contribution in [-0.4, -0.2) is 26.3 Å². The molecular weight excluding hydrogens is 218 g/mol. The molecular formula is C13H21NOS. The van der Waals surface area contributed by atoms with E-state index in [-0.39, 0.29) is 0 Å². The SMILES string of the molecule is c1cc(CCOCCC2CCCNC2)cs1. The Balaban J connectivity index is 1.48. The second kappa shape index (κ2) is 7.05. The Bertz CT molecular complexity index is 267. The quantitative estimate of drug-likeness (QED) is 0.771. The van der Waals surface area contributed by atoms with Gasteiger partial charge in [-0.1, -0.05) is 0 Å². The van der Waals surface area contributed by atoms with E-state index in [2.05, 4.69) is 22.1 Å². The smallest absolute Gasteiger partial charge is 0.0506 e. The molecule has 0 aromatic carbocycles. The number of thiophene rings is 1. The van der Waals surface area contributed by atoms with Crippen molar-refractivity contribution in [3.63, 3.8) is 0 Å². The fourth-order valence-corrected chi connectivity index (χ4v) is 2.85. The lowest BCUT2D eigenvalue weighted by atomic mass is 9.97. The third kappa shape index (κ3) is 4.24. The Morgan fingerprint density at radius 3 is 3.19 bits per heavy atom. The summed E-state index contributed by atoms with van der Waals surface area (Å²) >= 11 is 1.76. The molecule has 2 rings (SSSR count). The fraction of sp³-hybridized carbons (Fsp3) is 0.692. The van der Waals surface area contributed by atoms with Crippen LogP contribution in [0.5, 0.6) is 0 Å². The lowest BCUT2D eigenvalue weighted by Gasteiger charge is -2.22. The molecule has 1 atom stereocenters. The molecule has 1 saturated heterocycles. The van der Waals surface area contributed by atoms with E-state index in [0.29, 0.717) is 0 Å². The molecule has 0 bridgehead atoms. The molecule has 1 N–H and O–H groups in total. The van der Waals surface area contributed by atoms with Crippen molar-refractivity contribution in [3.05, 3.63) is 22.4 Å². The Morgan fingerprint density at radius 2 is 2.44 bits per heavy atom. The van der Waals surface area contributed by atoms with Gasteiger partial charge in [0.25, 0.3) is 0 Å². The summed E-state index contributed by atoms with van der Waals surface area (Å²) in [5.41, 5.74) is 1.41. The maximum Gasteiger partial charge on any atom is 0.0506 e. The standard InChI is InChI=1S/C13H21NOS/c1-2-12(10-14-6-1)3-7-15-8-4-13-5-9-16-11-13/h5,9,11-12,14H,1-4,6-8,10H2. The predicted octanol–water partition coefficient (Wildman–Crippen LogP) is 2.70. The normalized spacial score (nSPS) is 21.1. The van der Waals surface area contributed by atoms with Gasteiger partial charge in [-0.15, -0.1) is 0 Å². The zero-order valence-electron chi connectivity index (χ0n) is 9.78. The number of hydrogen-bond donors (Lipinski definition) is 1. The summed E-state index contributed by atoms with van der Waals surface area (Å²) in [4.78, 5) is 0. The maximum absolute atomic E-state index is 5.69. The highest BCUT2D eigenvalue weighted by molar-refractivity contribution is 7.07. The van der Waals surface area contributed by atoms with Gasteiger partial charge in [0.2, 0.25) is 0 Å². The van der Waals surface area contributed by atoms with Crippen LogP contribution in [0.1, 0.15) is 24.8 Å². The predicted molar refractivity (Wildman–Crippen MR) is 69.1 cm³/mol. The summed E-state index contributed by atoms with van der Waals surface area (Å²) < 4.78 is 5.69. The highest BCUT2D eigenvalue weighted by Crippen LogP contribution is 2.14. The lowest BCUT2D eigenvalue weighted by Crippen LogP contribution is -2.30. The number of ether oxygens (including phenoxy) is 1. The van der Waals surface area contributed by atoms with Crippen molar-refractivity contribution < 1.29 is 4.74 Å². The first-order chi connectivity index (χ1) is 7.95. The van der Waals surface area contributed by atoms with E-state index in [1.54, 1.807) is 11.3 Å². The van der Waals surface area contributed by atoms with Crippen LogP contribution in [0.15, 0.2) is 16.8 Å². The largest absolute Gasteiger partial charge is 0.381 e. The van der Waals surface area contributed by atoms with Gasteiger partial charge < -0.3 is 10.1 Å². The summed E-state index contributed by atoms with van der Waals surface area (Å²) in [5.74, 6) is 0.842. The summed E-state index contributed by atoms with van der Waals surface area (Å²) in [6.07, 6.45) is 4.99. The number of hydrogen-bond acceptors (Lipinski definition) is 3. The maximum atomic E-state index is 5.69. The molecule has 2 heterocycles. The summed E-state index contributed by atoms with van der Waals surface area (Å²) in [6, 6.07) is 2.18. The molecule has 0 aliphatic carbocycles. The minimum atomic E-state index is 0.842. The van der Waals surface area contributed by atoms with E-state index < -0.39 is 0 Å². The second-order valence-corrected chi connectivity index (χ2v) is 5.28. The molecule has 1 aliphatic rings. The Morgan fingerprint density at radius 1 is 1.44 bits per heavy atom. The van der Waals surface area contributed by atoms with Crippen LogP contribution in [0.2, 0.25) is 0 Å². The van der Waals surface area contributed by atoms with E-state index in [9.17, 15) is 0 Å². The molecule has 1 aromatic rings. The van der Waals surface area contributed by atoms with Gasteiger partial charge in [-0.2, -0.15) is 11.3 Å². The van der Waals surface area contributed by atoms with Gasteiger partial charge in [0.1, 0.15) is 0 Å². The van der Waals surface area contributed by atoms with Crippen LogP contribution in [0.4, 0.5) is 0 Å². The topological polar surface area (TPSA) is 21.3 Å². The van der Waals surface area contributed by atoms with Crippen LogP contribution in [0, 0.1) is 5.92 Å². The van der Waals surface area contributed by atoms with Gasteiger partial charge in [0, 0.05) is 6.61 Å². The van der Waals surface area contributed by atoms with Crippen LogP contribution in [0.25, 0.3) is 0 Å². The molecule has 16 heavy (non-hydrogen) atoms. The van der Waals surface area contributed by atoms with Crippen molar-refractivity contribution in [2.75, 3.05) is 26.3 Å². The minimum absolute atomic E-state index is 0.842. The molecule has 0 spiro atoms. The van der Waals surface area contributed by atoms with Gasteiger partial charge in [-0.3, -0.25) is 0 Å². The highest BCUT2D eigenvalue weighted by Gasteiger charge is 2.11. The first-order valence-corrected chi connectivity index (χ1v) is 7.19. The zero-order valence-corrected chi connectivity index (χ0v) is 10.6. The van der Waals surface area contributed by atoms with Crippen LogP contribution in [0.3, 0.4) is 0 Å². The van der Waals surface area contributed by atoms with Crippen molar-refractivity contribution in [1.82, 2.24) is 5.32 Å². The van der Waals surface area contributed by atoms with Crippen LogP contribution >= 0.6 is 11.3 Å². The third-order valence-electron chi connectivity index (χ3n) is 3.18. The molecule has 1 fully saturated rings. The molecule has 0 amide bonds. The van der Waals surface area contributed by atoms with Gasteiger partial charge in [-0.05, 0) is 67.1 Å². The van der Waals surface area contributed by atoms with Gasteiger partial charge >= 0.3 is 0 Å². The average molecular weight is 239 g/mol. The molecule has 90 valence electrons. The number of rotatable bonds is 6. The van der Waals surface area contributed by atoms with E-state index >= 15 is 0 Å². The Kier molecular flexibility index (Phi) is 5.32. The van der Waals surface area contributed by atoms with E-state index in [1.165, 1.54) is 37.9 Å². The van der Waals surface area contributed by atoms with Crippen molar-refractivity contribution >= 4 is 11.3 Å². The lowest BCUT2D eigenvalue weighted by molar-refractivity contribution is 0.118. The first-order valence-electron chi connectivity index (χ1n) is 6.24.